The molecule has 30 heavy (non-hydrogen) atoms. The molecule has 1 aromatic heterocycles. The molecule has 3 saturated carbocycles. The van der Waals surface area contributed by atoms with Crippen molar-refractivity contribution >= 4 is 12.0 Å². The Labute approximate surface area is 178 Å². The highest BCUT2D eigenvalue weighted by Crippen LogP contribution is 2.59. The van der Waals surface area contributed by atoms with E-state index in [0.717, 1.165) is 70.2 Å². The van der Waals surface area contributed by atoms with Gasteiger partial charge in [-0.2, -0.15) is 0 Å². The van der Waals surface area contributed by atoms with Crippen LogP contribution in [0.25, 0.3) is 0 Å². The van der Waals surface area contributed by atoms with Gasteiger partial charge in [0.2, 0.25) is 0 Å². The number of rotatable bonds is 3. The Balaban J connectivity index is 1.37. The van der Waals surface area contributed by atoms with E-state index in [2.05, 4.69) is 10.3 Å². The highest BCUT2D eigenvalue weighted by Gasteiger charge is 2.62. The molecule has 4 atom stereocenters. The van der Waals surface area contributed by atoms with Crippen molar-refractivity contribution in [3.8, 4) is 0 Å². The Hall–Kier alpha value is -2.11. The number of amides is 2. The van der Waals surface area contributed by atoms with Crippen LogP contribution < -0.4 is 5.32 Å². The lowest BCUT2D eigenvalue weighted by Gasteiger charge is -2.39. The van der Waals surface area contributed by atoms with Crippen molar-refractivity contribution in [3.05, 3.63) is 29.6 Å². The molecule has 5 rings (SSSR count). The number of aromatic nitrogens is 1. The first-order valence-corrected chi connectivity index (χ1v) is 11.7. The van der Waals surface area contributed by atoms with Gasteiger partial charge in [0.25, 0.3) is 5.91 Å². The van der Waals surface area contributed by atoms with Crippen molar-refractivity contribution in [3.63, 3.8) is 0 Å². The summed E-state index contributed by atoms with van der Waals surface area (Å²) in [7, 11) is 0. The van der Waals surface area contributed by atoms with Crippen LogP contribution in [0.3, 0.4) is 0 Å². The number of piperidine rings is 1. The van der Waals surface area contributed by atoms with Gasteiger partial charge in [-0.05, 0) is 75.8 Å². The van der Waals surface area contributed by atoms with Gasteiger partial charge in [-0.1, -0.05) is 18.9 Å². The standard InChI is InChI=1S/C24H33N3O3/c1-17-7-5-9-20(25-17)21(28)26-24-10-6-8-18-13-19(24)15-23(14-18,16-24)30-22(29)27-11-3-2-4-12-27/h5,7,9,18-19H,2-4,6,8,10-16H2,1H3,(H,26,28). The van der Waals surface area contributed by atoms with E-state index in [9.17, 15) is 9.59 Å². The van der Waals surface area contributed by atoms with E-state index in [0.29, 0.717) is 17.5 Å². The Bertz CT molecular complexity index is 837. The van der Waals surface area contributed by atoms with Gasteiger partial charge in [0.1, 0.15) is 11.3 Å². The molecule has 3 aliphatic carbocycles. The normalized spacial score (nSPS) is 35.0. The van der Waals surface area contributed by atoms with Crippen LogP contribution >= 0.6 is 0 Å². The van der Waals surface area contributed by atoms with Gasteiger partial charge in [-0.25, -0.2) is 9.78 Å². The van der Waals surface area contributed by atoms with Crippen LogP contribution in [-0.4, -0.2) is 46.1 Å². The third-order valence-electron chi connectivity index (χ3n) is 7.95. The third kappa shape index (κ3) is 3.58. The fourth-order valence-corrected chi connectivity index (χ4v) is 6.74. The fourth-order valence-electron chi connectivity index (χ4n) is 6.74. The van der Waals surface area contributed by atoms with E-state index in [4.69, 9.17) is 4.74 Å². The molecule has 4 unspecified atom stereocenters. The average molecular weight is 412 g/mol. The number of nitrogens with one attached hydrogen (secondary N) is 1. The highest BCUT2D eigenvalue weighted by molar-refractivity contribution is 5.93. The molecule has 2 amide bonds. The quantitative estimate of drug-likeness (QED) is 0.808. The van der Waals surface area contributed by atoms with Crippen molar-refractivity contribution in [2.45, 2.75) is 82.3 Å². The number of hydrogen-bond acceptors (Lipinski definition) is 4. The van der Waals surface area contributed by atoms with Gasteiger partial charge in [0.15, 0.2) is 0 Å². The summed E-state index contributed by atoms with van der Waals surface area (Å²) in [6, 6.07) is 5.57. The first-order valence-electron chi connectivity index (χ1n) is 11.7. The summed E-state index contributed by atoms with van der Waals surface area (Å²) in [5, 5.41) is 3.41. The second-order valence-electron chi connectivity index (χ2n) is 10.1. The molecule has 1 aliphatic heterocycles. The van der Waals surface area contributed by atoms with Crippen LogP contribution in [-0.2, 0) is 4.74 Å². The lowest BCUT2D eigenvalue weighted by molar-refractivity contribution is -0.0410. The maximum atomic E-state index is 13.1. The zero-order valence-corrected chi connectivity index (χ0v) is 18.0. The molecule has 6 heteroatoms. The molecule has 4 fully saturated rings. The van der Waals surface area contributed by atoms with E-state index >= 15 is 0 Å². The Kier molecular flexibility index (Phi) is 4.98. The molecule has 0 spiro atoms. The van der Waals surface area contributed by atoms with Crippen LogP contribution in [0.4, 0.5) is 4.79 Å². The average Bonchev–Trinajstić information content (AvgIpc) is 2.86. The molecular formula is C24H33N3O3. The molecule has 0 radical (unpaired) electrons. The van der Waals surface area contributed by atoms with E-state index in [1.54, 1.807) is 6.07 Å². The molecule has 162 valence electrons. The van der Waals surface area contributed by atoms with Crippen LogP contribution in [0.1, 0.15) is 80.4 Å². The number of aryl methyl sites for hydroxylation is 1. The zero-order valence-electron chi connectivity index (χ0n) is 18.0. The van der Waals surface area contributed by atoms with E-state index in [1.807, 2.05) is 24.0 Å². The first kappa shape index (κ1) is 19.8. The number of pyridine rings is 1. The minimum atomic E-state index is -0.421. The third-order valence-corrected chi connectivity index (χ3v) is 7.95. The van der Waals surface area contributed by atoms with E-state index in [-0.39, 0.29) is 17.5 Å². The Morgan fingerprint density at radius 3 is 2.80 bits per heavy atom. The van der Waals surface area contributed by atoms with Crippen LogP contribution in [0.5, 0.6) is 0 Å². The summed E-state index contributed by atoms with van der Waals surface area (Å²) in [4.78, 5) is 32.4. The molecule has 6 nitrogen and oxygen atoms in total. The predicted octanol–water partition coefficient (Wildman–Crippen LogP) is 4.22. The summed E-state index contributed by atoms with van der Waals surface area (Å²) >= 11 is 0. The number of hydrogen-bond donors (Lipinski definition) is 1. The summed E-state index contributed by atoms with van der Waals surface area (Å²) in [5.74, 6) is 0.875. The summed E-state index contributed by atoms with van der Waals surface area (Å²) in [6.07, 6.45) is 10.1. The largest absolute Gasteiger partial charge is 0.443 e. The number of nitrogens with zero attached hydrogens (tertiary/aromatic N) is 2. The highest BCUT2D eigenvalue weighted by atomic mass is 16.6. The maximum Gasteiger partial charge on any atom is 0.410 e. The number of carbonyl (C=O) groups is 2. The number of ether oxygens (including phenoxy) is 1. The number of likely N-dealkylation sites (tertiary alicyclic amines) is 1. The van der Waals surface area contributed by atoms with Crippen molar-refractivity contribution in [2.75, 3.05) is 13.1 Å². The van der Waals surface area contributed by atoms with Crippen molar-refractivity contribution in [1.29, 1.82) is 0 Å². The van der Waals surface area contributed by atoms with Crippen LogP contribution in [0.15, 0.2) is 18.2 Å². The molecule has 4 aliphatic rings. The first-order chi connectivity index (χ1) is 14.5. The van der Waals surface area contributed by atoms with Crippen LogP contribution in [0, 0.1) is 18.8 Å². The van der Waals surface area contributed by atoms with E-state index in [1.165, 1.54) is 12.8 Å². The maximum absolute atomic E-state index is 13.1. The zero-order chi connectivity index (χ0) is 20.8. The Morgan fingerprint density at radius 2 is 2.00 bits per heavy atom. The smallest absolute Gasteiger partial charge is 0.410 e. The molecule has 3 bridgehead atoms. The lowest BCUT2D eigenvalue weighted by atomic mass is 9.77. The molecule has 1 N–H and O–H groups in total. The Morgan fingerprint density at radius 1 is 1.17 bits per heavy atom. The lowest BCUT2D eigenvalue weighted by Crippen LogP contribution is -2.51. The fraction of sp³-hybridized carbons (Fsp3) is 0.708. The molecule has 0 aromatic carbocycles. The van der Waals surface area contributed by atoms with Crippen molar-refractivity contribution < 1.29 is 14.3 Å². The van der Waals surface area contributed by atoms with Gasteiger partial charge in [0, 0.05) is 30.7 Å². The van der Waals surface area contributed by atoms with Crippen LogP contribution in [0.2, 0.25) is 0 Å². The second-order valence-corrected chi connectivity index (χ2v) is 10.1. The van der Waals surface area contributed by atoms with Crippen molar-refractivity contribution in [2.24, 2.45) is 11.8 Å². The molecule has 2 heterocycles. The van der Waals surface area contributed by atoms with Gasteiger partial charge < -0.3 is 15.0 Å². The van der Waals surface area contributed by atoms with Gasteiger partial charge in [0.05, 0.1) is 0 Å². The number of fused-ring (bicyclic) bond motifs is 2. The molecular weight excluding hydrogens is 378 g/mol. The monoisotopic (exact) mass is 411 g/mol. The van der Waals surface area contributed by atoms with Gasteiger partial charge in [-0.3, -0.25) is 4.79 Å². The minimum absolute atomic E-state index is 0.0952. The minimum Gasteiger partial charge on any atom is -0.443 e. The summed E-state index contributed by atoms with van der Waals surface area (Å²) in [6.45, 7) is 3.52. The number of carbonyl (C=O) groups excluding carboxylic acids is 2. The summed E-state index contributed by atoms with van der Waals surface area (Å²) in [5.41, 5.74) is 0.621. The van der Waals surface area contributed by atoms with Gasteiger partial charge >= 0.3 is 6.09 Å². The SMILES string of the molecule is Cc1cccc(C(=O)NC23CCCC4CC2CC(OC(=O)N2CCCCC2)(C4)C3)n1. The topological polar surface area (TPSA) is 71.5 Å². The predicted molar refractivity (Wildman–Crippen MR) is 113 cm³/mol. The molecule has 1 saturated heterocycles. The summed E-state index contributed by atoms with van der Waals surface area (Å²) < 4.78 is 6.30. The second kappa shape index (κ2) is 7.54. The molecule has 1 aromatic rings. The van der Waals surface area contributed by atoms with Gasteiger partial charge in [-0.15, -0.1) is 0 Å². The van der Waals surface area contributed by atoms with Crippen molar-refractivity contribution in [1.82, 2.24) is 15.2 Å². The van der Waals surface area contributed by atoms with E-state index < -0.39 is 5.60 Å².